The number of benzene rings is 11. The Morgan fingerprint density at radius 3 is 1.52 bits per heavy atom. The average molecular weight is 815 g/mol. The molecular weight excluding hydrogens is 773 g/mol. The lowest BCUT2D eigenvalue weighted by Gasteiger charge is -2.30. The molecule has 12 rings (SSSR count). The van der Waals surface area contributed by atoms with Crippen molar-refractivity contribution in [3.05, 3.63) is 255 Å². The SMILES string of the molecule is c1ccc(-c2cc(-n3c4ccccc4c4ccccc43)ccc2-c2ccc(N(c3ccccc3-c3ccccc3)c3ccc(-c4ccc5ccccc5c4)c4ccccc34)cc2)cc1. The van der Waals surface area contributed by atoms with E-state index < -0.39 is 0 Å². The Labute approximate surface area is 373 Å². The molecular formula is C62H42N2. The molecule has 12 aromatic rings. The highest BCUT2D eigenvalue weighted by Crippen LogP contribution is 2.46. The van der Waals surface area contributed by atoms with Crippen molar-refractivity contribution in [3.8, 4) is 50.2 Å². The smallest absolute Gasteiger partial charge is 0.0541 e. The van der Waals surface area contributed by atoms with Gasteiger partial charge in [-0.1, -0.05) is 200 Å². The minimum Gasteiger partial charge on any atom is -0.309 e. The van der Waals surface area contributed by atoms with Crippen LogP contribution >= 0.6 is 0 Å². The summed E-state index contributed by atoms with van der Waals surface area (Å²) >= 11 is 0. The molecule has 0 aliphatic carbocycles. The van der Waals surface area contributed by atoms with E-state index in [4.69, 9.17) is 0 Å². The van der Waals surface area contributed by atoms with Crippen molar-refractivity contribution < 1.29 is 0 Å². The molecule has 0 amide bonds. The number of hydrogen-bond donors (Lipinski definition) is 0. The quantitative estimate of drug-likeness (QED) is 0.148. The molecule has 0 aliphatic heterocycles. The summed E-state index contributed by atoms with van der Waals surface area (Å²) in [7, 11) is 0. The van der Waals surface area contributed by atoms with Crippen molar-refractivity contribution >= 4 is 60.4 Å². The van der Waals surface area contributed by atoms with Crippen LogP contribution in [0.4, 0.5) is 17.1 Å². The second-order valence-electron chi connectivity index (χ2n) is 16.5. The molecule has 0 radical (unpaired) electrons. The molecule has 0 saturated carbocycles. The Morgan fingerprint density at radius 1 is 0.266 bits per heavy atom. The zero-order valence-electron chi connectivity index (χ0n) is 35.1. The molecule has 0 aliphatic rings. The van der Waals surface area contributed by atoms with Crippen molar-refractivity contribution in [2.45, 2.75) is 0 Å². The molecule has 0 bridgehead atoms. The summed E-state index contributed by atoms with van der Waals surface area (Å²) in [6, 6.07) is 92.7. The highest BCUT2D eigenvalue weighted by Gasteiger charge is 2.21. The van der Waals surface area contributed by atoms with Gasteiger partial charge in [-0.15, -0.1) is 0 Å². The second kappa shape index (κ2) is 15.8. The Balaban J connectivity index is 1.02. The van der Waals surface area contributed by atoms with Gasteiger partial charge in [-0.2, -0.15) is 0 Å². The summed E-state index contributed by atoms with van der Waals surface area (Å²) < 4.78 is 2.40. The minimum absolute atomic E-state index is 1.08. The summed E-state index contributed by atoms with van der Waals surface area (Å²) in [5, 5.41) is 7.40. The van der Waals surface area contributed by atoms with Gasteiger partial charge in [0.05, 0.1) is 22.4 Å². The summed E-state index contributed by atoms with van der Waals surface area (Å²) in [4.78, 5) is 2.45. The van der Waals surface area contributed by atoms with E-state index in [-0.39, 0.29) is 0 Å². The number of rotatable bonds is 8. The first-order valence-corrected chi connectivity index (χ1v) is 22.0. The predicted octanol–water partition coefficient (Wildman–Crippen LogP) is 17.2. The van der Waals surface area contributed by atoms with Gasteiger partial charge in [-0.3, -0.25) is 0 Å². The summed E-state index contributed by atoms with van der Waals surface area (Å²) in [5.41, 5.74) is 16.3. The van der Waals surface area contributed by atoms with Gasteiger partial charge in [0.2, 0.25) is 0 Å². The van der Waals surface area contributed by atoms with Crippen molar-refractivity contribution in [1.29, 1.82) is 0 Å². The van der Waals surface area contributed by atoms with Gasteiger partial charge >= 0.3 is 0 Å². The maximum Gasteiger partial charge on any atom is 0.0541 e. The van der Waals surface area contributed by atoms with Gasteiger partial charge in [0.1, 0.15) is 0 Å². The Bertz CT molecular complexity index is 3610. The van der Waals surface area contributed by atoms with Crippen molar-refractivity contribution in [1.82, 2.24) is 4.57 Å². The van der Waals surface area contributed by atoms with Gasteiger partial charge < -0.3 is 9.47 Å². The molecule has 0 fully saturated rings. The van der Waals surface area contributed by atoms with Crippen LogP contribution in [0.3, 0.4) is 0 Å². The first kappa shape index (κ1) is 37.3. The molecule has 2 nitrogen and oxygen atoms in total. The van der Waals surface area contributed by atoms with E-state index in [2.05, 4.69) is 264 Å². The predicted molar refractivity (Wildman–Crippen MR) is 272 cm³/mol. The van der Waals surface area contributed by atoms with Crippen molar-refractivity contribution in [2.75, 3.05) is 4.90 Å². The van der Waals surface area contributed by atoms with Crippen LogP contribution in [0, 0.1) is 0 Å². The number of para-hydroxylation sites is 3. The first-order valence-electron chi connectivity index (χ1n) is 22.0. The molecule has 64 heavy (non-hydrogen) atoms. The molecule has 0 atom stereocenters. The highest BCUT2D eigenvalue weighted by atomic mass is 15.1. The fourth-order valence-electron chi connectivity index (χ4n) is 9.80. The lowest BCUT2D eigenvalue weighted by molar-refractivity contribution is 1.18. The van der Waals surface area contributed by atoms with E-state index in [9.17, 15) is 0 Å². The maximum absolute atomic E-state index is 2.45. The molecule has 1 heterocycles. The van der Waals surface area contributed by atoms with Crippen LogP contribution in [0.25, 0.3) is 93.5 Å². The van der Waals surface area contributed by atoms with Crippen LogP contribution in [-0.2, 0) is 0 Å². The average Bonchev–Trinajstić information content (AvgIpc) is 3.71. The van der Waals surface area contributed by atoms with E-state index in [0.29, 0.717) is 0 Å². The van der Waals surface area contributed by atoms with E-state index >= 15 is 0 Å². The molecule has 2 heteroatoms. The number of aromatic nitrogens is 1. The number of fused-ring (bicyclic) bond motifs is 5. The Kier molecular flexibility index (Phi) is 9.20. The summed E-state index contributed by atoms with van der Waals surface area (Å²) in [5.74, 6) is 0. The molecule has 0 N–H and O–H groups in total. The van der Waals surface area contributed by atoms with Gasteiger partial charge in [0, 0.05) is 33.1 Å². The molecule has 0 spiro atoms. The van der Waals surface area contributed by atoms with E-state index in [1.165, 1.54) is 82.3 Å². The summed E-state index contributed by atoms with van der Waals surface area (Å²) in [6.07, 6.45) is 0. The Morgan fingerprint density at radius 2 is 0.797 bits per heavy atom. The minimum atomic E-state index is 1.08. The van der Waals surface area contributed by atoms with Crippen LogP contribution in [0.15, 0.2) is 255 Å². The van der Waals surface area contributed by atoms with Gasteiger partial charge in [-0.05, 0) is 110 Å². The third-order valence-corrected chi connectivity index (χ3v) is 12.8. The Hall–Kier alpha value is -8.46. The van der Waals surface area contributed by atoms with Crippen molar-refractivity contribution in [3.63, 3.8) is 0 Å². The molecule has 300 valence electrons. The molecule has 11 aromatic carbocycles. The highest BCUT2D eigenvalue weighted by molar-refractivity contribution is 6.10. The van der Waals surface area contributed by atoms with Crippen LogP contribution in [0.1, 0.15) is 0 Å². The maximum atomic E-state index is 2.45. The topological polar surface area (TPSA) is 8.17 Å². The fourth-order valence-corrected chi connectivity index (χ4v) is 9.80. The zero-order chi connectivity index (χ0) is 42.4. The molecule has 0 unspecified atom stereocenters. The largest absolute Gasteiger partial charge is 0.309 e. The lowest BCUT2D eigenvalue weighted by atomic mass is 9.93. The van der Waals surface area contributed by atoms with E-state index in [0.717, 1.165) is 28.3 Å². The fraction of sp³-hybridized carbons (Fsp3) is 0. The molecule has 0 saturated heterocycles. The van der Waals surface area contributed by atoms with Crippen LogP contribution in [-0.4, -0.2) is 4.57 Å². The van der Waals surface area contributed by atoms with Crippen LogP contribution in [0.5, 0.6) is 0 Å². The van der Waals surface area contributed by atoms with Gasteiger partial charge in [-0.25, -0.2) is 0 Å². The number of nitrogens with zero attached hydrogens (tertiary/aromatic N) is 2. The first-order chi connectivity index (χ1) is 31.8. The third kappa shape index (κ3) is 6.44. The normalized spacial score (nSPS) is 11.4. The van der Waals surface area contributed by atoms with E-state index in [1.807, 2.05) is 0 Å². The second-order valence-corrected chi connectivity index (χ2v) is 16.5. The monoisotopic (exact) mass is 814 g/mol. The standard InChI is InChI=1S/C62H42N2/c1-3-18-44(19-4-1)53-23-11-14-28-59(53)63(62-40-39-52(54-24-9-10-25-55(54)62)48-32-31-43-17-7-8-22-47(43)41-48)49-35-33-46(34-36-49)51-38-37-50(42-58(51)45-20-5-2-6-21-45)64-60-29-15-12-26-56(60)57-27-13-16-30-61(57)64/h1-42H. The van der Waals surface area contributed by atoms with Crippen LogP contribution < -0.4 is 4.90 Å². The number of anilines is 3. The van der Waals surface area contributed by atoms with E-state index in [1.54, 1.807) is 0 Å². The number of hydrogen-bond acceptors (Lipinski definition) is 1. The zero-order valence-corrected chi connectivity index (χ0v) is 35.1. The van der Waals surface area contributed by atoms with Gasteiger partial charge in [0.15, 0.2) is 0 Å². The third-order valence-electron chi connectivity index (χ3n) is 12.8. The van der Waals surface area contributed by atoms with Crippen LogP contribution in [0.2, 0.25) is 0 Å². The van der Waals surface area contributed by atoms with Crippen molar-refractivity contribution in [2.24, 2.45) is 0 Å². The lowest BCUT2D eigenvalue weighted by Crippen LogP contribution is -2.12. The molecule has 1 aromatic heterocycles. The van der Waals surface area contributed by atoms with Gasteiger partial charge in [0.25, 0.3) is 0 Å². The summed E-state index contributed by atoms with van der Waals surface area (Å²) in [6.45, 7) is 0.